The van der Waals surface area contributed by atoms with E-state index in [-0.39, 0.29) is 18.4 Å². The van der Waals surface area contributed by atoms with Crippen molar-refractivity contribution in [2.24, 2.45) is 0 Å². The number of piperazine rings is 1. The van der Waals surface area contributed by atoms with Crippen molar-refractivity contribution < 1.29 is 14.0 Å². The van der Waals surface area contributed by atoms with Gasteiger partial charge in [-0.15, -0.1) is 0 Å². The van der Waals surface area contributed by atoms with E-state index < -0.39 is 11.6 Å². The summed E-state index contributed by atoms with van der Waals surface area (Å²) in [6.07, 6.45) is 2.17. The van der Waals surface area contributed by atoms with Gasteiger partial charge in [0.25, 0.3) is 0 Å². The van der Waals surface area contributed by atoms with Crippen LogP contribution in [-0.2, 0) is 16.1 Å². The SMILES string of the molecule is CCC1C(=O)NC(C)(C)C(=O)N1Cc1ncc(C)o1. The molecule has 0 bridgehead atoms. The maximum absolute atomic E-state index is 12.4. The van der Waals surface area contributed by atoms with Crippen LogP contribution in [-0.4, -0.2) is 33.3 Å². The zero-order valence-corrected chi connectivity index (χ0v) is 11.7. The van der Waals surface area contributed by atoms with Crippen molar-refractivity contribution in [1.82, 2.24) is 15.2 Å². The summed E-state index contributed by atoms with van der Waals surface area (Å²) in [5.74, 6) is 0.899. The fourth-order valence-electron chi connectivity index (χ4n) is 2.29. The second-order valence-corrected chi connectivity index (χ2v) is 5.34. The molecular formula is C13H19N3O3. The van der Waals surface area contributed by atoms with Crippen molar-refractivity contribution in [1.29, 1.82) is 0 Å². The first kappa shape index (κ1) is 13.6. The van der Waals surface area contributed by atoms with Gasteiger partial charge in [0.05, 0.1) is 12.7 Å². The monoisotopic (exact) mass is 265 g/mol. The van der Waals surface area contributed by atoms with Crippen molar-refractivity contribution in [3.05, 3.63) is 17.8 Å². The smallest absolute Gasteiger partial charge is 0.248 e. The Balaban J connectivity index is 2.27. The van der Waals surface area contributed by atoms with Crippen LogP contribution in [0, 0.1) is 6.92 Å². The largest absolute Gasteiger partial charge is 0.444 e. The van der Waals surface area contributed by atoms with Gasteiger partial charge in [0.2, 0.25) is 17.7 Å². The summed E-state index contributed by atoms with van der Waals surface area (Å²) in [7, 11) is 0. The van der Waals surface area contributed by atoms with Crippen molar-refractivity contribution >= 4 is 11.8 Å². The second-order valence-electron chi connectivity index (χ2n) is 5.34. The highest BCUT2D eigenvalue weighted by molar-refractivity contribution is 5.99. The molecule has 2 rings (SSSR count). The van der Waals surface area contributed by atoms with Gasteiger partial charge in [-0.3, -0.25) is 9.59 Å². The van der Waals surface area contributed by atoms with Crippen LogP contribution in [0.15, 0.2) is 10.6 Å². The zero-order chi connectivity index (χ0) is 14.2. The molecule has 1 aliphatic rings. The van der Waals surface area contributed by atoms with E-state index in [0.29, 0.717) is 18.1 Å². The molecule has 6 heteroatoms. The first-order chi connectivity index (χ1) is 8.85. The topological polar surface area (TPSA) is 75.4 Å². The van der Waals surface area contributed by atoms with Crippen LogP contribution in [0.3, 0.4) is 0 Å². The number of hydrogen-bond acceptors (Lipinski definition) is 4. The minimum atomic E-state index is -0.885. The van der Waals surface area contributed by atoms with E-state index in [2.05, 4.69) is 10.3 Å². The molecule has 19 heavy (non-hydrogen) atoms. The first-order valence-corrected chi connectivity index (χ1v) is 6.39. The van der Waals surface area contributed by atoms with E-state index in [1.54, 1.807) is 31.9 Å². The van der Waals surface area contributed by atoms with Gasteiger partial charge in [0.15, 0.2) is 0 Å². The number of aryl methyl sites for hydroxylation is 1. The number of hydrogen-bond donors (Lipinski definition) is 1. The molecule has 0 spiro atoms. The number of carbonyl (C=O) groups excluding carboxylic acids is 2. The van der Waals surface area contributed by atoms with Crippen LogP contribution < -0.4 is 5.32 Å². The van der Waals surface area contributed by atoms with Crippen LogP contribution >= 0.6 is 0 Å². The number of rotatable bonds is 3. The Labute approximate surface area is 112 Å². The summed E-state index contributed by atoms with van der Waals surface area (Å²) < 4.78 is 5.39. The second kappa shape index (κ2) is 4.68. The maximum atomic E-state index is 12.4. The molecule has 104 valence electrons. The van der Waals surface area contributed by atoms with Crippen LogP contribution in [0.2, 0.25) is 0 Å². The molecule has 0 aliphatic carbocycles. The summed E-state index contributed by atoms with van der Waals surface area (Å²) in [4.78, 5) is 30.1. The summed E-state index contributed by atoms with van der Waals surface area (Å²) in [5.41, 5.74) is -0.885. The van der Waals surface area contributed by atoms with Crippen LogP contribution in [0.5, 0.6) is 0 Å². The Kier molecular flexibility index (Phi) is 3.34. The summed E-state index contributed by atoms with van der Waals surface area (Å²) in [6.45, 7) is 7.30. The van der Waals surface area contributed by atoms with E-state index in [0.717, 1.165) is 0 Å². The van der Waals surface area contributed by atoms with Gasteiger partial charge in [-0.25, -0.2) is 4.98 Å². The Hall–Kier alpha value is -1.85. The lowest BCUT2D eigenvalue weighted by Gasteiger charge is -2.42. The number of aromatic nitrogens is 1. The molecule has 2 amide bonds. The number of oxazole rings is 1. The van der Waals surface area contributed by atoms with E-state index in [1.165, 1.54) is 0 Å². The Morgan fingerprint density at radius 3 is 2.68 bits per heavy atom. The minimum Gasteiger partial charge on any atom is -0.444 e. The van der Waals surface area contributed by atoms with Crippen molar-refractivity contribution in [3.8, 4) is 0 Å². The summed E-state index contributed by atoms with van der Waals surface area (Å²) >= 11 is 0. The number of nitrogens with zero attached hydrogens (tertiary/aromatic N) is 2. The van der Waals surface area contributed by atoms with Gasteiger partial charge in [-0.05, 0) is 27.2 Å². The molecule has 0 saturated carbocycles. The lowest BCUT2D eigenvalue weighted by atomic mass is 9.96. The van der Waals surface area contributed by atoms with Crippen LogP contribution in [0.4, 0.5) is 0 Å². The molecule has 1 N–H and O–H groups in total. The molecule has 1 aromatic heterocycles. The predicted octanol–water partition coefficient (Wildman–Crippen LogP) is 0.999. The van der Waals surface area contributed by atoms with Gasteiger partial charge in [0.1, 0.15) is 17.3 Å². The molecule has 6 nitrogen and oxygen atoms in total. The van der Waals surface area contributed by atoms with Crippen molar-refractivity contribution in [2.45, 2.75) is 52.2 Å². The molecule has 1 aliphatic heterocycles. The highest BCUT2D eigenvalue weighted by Gasteiger charge is 2.44. The Bertz CT molecular complexity index is 507. The quantitative estimate of drug-likeness (QED) is 0.884. The fourth-order valence-corrected chi connectivity index (χ4v) is 2.29. The van der Waals surface area contributed by atoms with Crippen molar-refractivity contribution in [3.63, 3.8) is 0 Å². The third-order valence-corrected chi connectivity index (χ3v) is 3.27. The normalized spacial score (nSPS) is 22.5. The van der Waals surface area contributed by atoms with E-state index in [1.807, 2.05) is 6.92 Å². The lowest BCUT2D eigenvalue weighted by Crippen LogP contribution is -2.67. The van der Waals surface area contributed by atoms with Gasteiger partial charge >= 0.3 is 0 Å². The van der Waals surface area contributed by atoms with E-state index in [9.17, 15) is 9.59 Å². The number of nitrogens with one attached hydrogen (secondary N) is 1. The van der Waals surface area contributed by atoms with Gasteiger partial charge in [0, 0.05) is 0 Å². The zero-order valence-electron chi connectivity index (χ0n) is 11.7. The minimum absolute atomic E-state index is 0.116. The molecule has 1 unspecified atom stereocenters. The third-order valence-electron chi connectivity index (χ3n) is 3.27. The summed E-state index contributed by atoms with van der Waals surface area (Å²) in [5, 5.41) is 2.75. The molecule has 2 heterocycles. The third kappa shape index (κ3) is 2.47. The lowest BCUT2D eigenvalue weighted by molar-refractivity contribution is -0.154. The first-order valence-electron chi connectivity index (χ1n) is 6.39. The molecule has 0 radical (unpaired) electrons. The number of carbonyl (C=O) groups is 2. The highest BCUT2D eigenvalue weighted by atomic mass is 16.4. The van der Waals surface area contributed by atoms with E-state index in [4.69, 9.17) is 4.42 Å². The van der Waals surface area contributed by atoms with Crippen LogP contribution in [0.1, 0.15) is 38.8 Å². The Morgan fingerprint density at radius 1 is 1.47 bits per heavy atom. The van der Waals surface area contributed by atoms with Crippen molar-refractivity contribution in [2.75, 3.05) is 0 Å². The van der Waals surface area contributed by atoms with Gasteiger partial charge in [-0.2, -0.15) is 0 Å². The fraction of sp³-hybridized carbons (Fsp3) is 0.615. The molecule has 1 aromatic rings. The van der Waals surface area contributed by atoms with Gasteiger partial charge < -0.3 is 14.6 Å². The van der Waals surface area contributed by atoms with E-state index >= 15 is 0 Å². The molecular weight excluding hydrogens is 246 g/mol. The Morgan fingerprint density at radius 2 is 2.16 bits per heavy atom. The molecule has 1 saturated heterocycles. The summed E-state index contributed by atoms with van der Waals surface area (Å²) in [6, 6.07) is -0.465. The highest BCUT2D eigenvalue weighted by Crippen LogP contribution is 2.22. The van der Waals surface area contributed by atoms with Gasteiger partial charge in [-0.1, -0.05) is 6.92 Å². The molecule has 0 aromatic carbocycles. The standard InChI is InChI=1S/C13H19N3O3/c1-5-9-11(17)15-13(3,4)12(18)16(9)7-10-14-6-8(2)19-10/h6,9H,5,7H2,1-4H3,(H,15,17). The molecule has 1 atom stereocenters. The molecule has 1 fully saturated rings. The average molecular weight is 265 g/mol. The van der Waals surface area contributed by atoms with Crippen LogP contribution in [0.25, 0.3) is 0 Å². The average Bonchev–Trinajstić information content (AvgIpc) is 2.71. The number of amides is 2. The predicted molar refractivity (Wildman–Crippen MR) is 68.1 cm³/mol. The maximum Gasteiger partial charge on any atom is 0.248 e.